The zero-order valence-electron chi connectivity index (χ0n) is 6.61. The molecule has 0 amide bonds. The molecule has 1 aromatic rings. The van der Waals surface area contributed by atoms with E-state index in [0.29, 0.717) is 5.15 Å². The summed E-state index contributed by atoms with van der Waals surface area (Å²) in [6, 6.07) is 2.10. The van der Waals surface area contributed by atoms with Crippen molar-refractivity contribution < 1.29 is 0 Å². The lowest BCUT2D eigenvalue weighted by Crippen LogP contribution is -2.05. The average Bonchev–Trinajstić information content (AvgIpc) is 2.07. The minimum Gasteiger partial charge on any atom is -0.240 e. The fraction of sp³-hybridized carbons (Fsp3) is 0.444. The molecule has 0 radical (unpaired) electrons. The summed E-state index contributed by atoms with van der Waals surface area (Å²) in [5.74, 6) is 0. The number of pyridine rings is 1. The number of nitrogens with zero attached hydrogens (tertiary/aromatic N) is 1. The van der Waals surface area contributed by atoms with Gasteiger partial charge < -0.3 is 0 Å². The van der Waals surface area contributed by atoms with E-state index in [4.69, 9.17) is 11.6 Å². The van der Waals surface area contributed by atoms with E-state index >= 15 is 0 Å². The van der Waals surface area contributed by atoms with Crippen LogP contribution in [0.25, 0.3) is 0 Å². The summed E-state index contributed by atoms with van der Waals surface area (Å²) in [6.45, 7) is 0. The molecule has 0 N–H and O–H groups in total. The molecule has 0 unspecified atom stereocenters. The predicted molar refractivity (Wildman–Crippen MR) is 53.6 cm³/mol. The monoisotopic (exact) mass is 245 g/mol. The molecule has 64 valence electrons. The summed E-state index contributed by atoms with van der Waals surface area (Å²) < 4.78 is 0.921. The number of halogens is 2. The largest absolute Gasteiger partial charge is 0.240 e. The van der Waals surface area contributed by atoms with E-state index in [1.807, 2.05) is 0 Å². The highest BCUT2D eigenvalue weighted by Crippen LogP contribution is 2.27. The molecule has 1 heterocycles. The summed E-state index contributed by atoms with van der Waals surface area (Å²) in [5, 5.41) is 0.593. The lowest BCUT2D eigenvalue weighted by atomic mass is 9.96. The molecule has 12 heavy (non-hydrogen) atoms. The fourth-order valence-corrected chi connectivity index (χ4v) is 2.10. The summed E-state index contributed by atoms with van der Waals surface area (Å²) in [4.78, 5) is 4.33. The Morgan fingerprint density at radius 3 is 2.92 bits per heavy atom. The van der Waals surface area contributed by atoms with E-state index in [9.17, 15) is 0 Å². The van der Waals surface area contributed by atoms with Gasteiger partial charge in [-0.1, -0.05) is 11.6 Å². The Balaban J connectivity index is 2.49. The zero-order valence-corrected chi connectivity index (χ0v) is 8.95. The van der Waals surface area contributed by atoms with Gasteiger partial charge in [-0.15, -0.1) is 0 Å². The normalized spacial score (nSPS) is 15.8. The number of hydrogen-bond acceptors (Lipinski definition) is 1. The van der Waals surface area contributed by atoms with Crippen molar-refractivity contribution in [3.05, 3.63) is 26.9 Å². The van der Waals surface area contributed by atoms with Crippen LogP contribution in [0.2, 0.25) is 5.15 Å². The number of aromatic nitrogens is 1. The van der Waals surface area contributed by atoms with Crippen molar-refractivity contribution in [3.63, 3.8) is 0 Å². The average molecular weight is 247 g/mol. The molecular formula is C9H9BrClN. The maximum atomic E-state index is 5.89. The summed E-state index contributed by atoms with van der Waals surface area (Å²) in [7, 11) is 0. The maximum Gasteiger partial charge on any atom is 0.143 e. The van der Waals surface area contributed by atoms with E-state index in [-0.39, 0.29) is 0 Å². The van der Waals surface area contributed by atoms with Crippen LogP contribution in [0.5, 0.6) is 0 Å². The van der Waals surface area contributed by atoms with Crippen molar-refractivity contribution in [1.82, 2.24) is 4.98 Å². The van der Waals surface area contributed by atoms with Gasteiger partial charge >= 0.3 is 0 Å². The van der Waals surface area contributed by atoms with Gasteiger partial charge in [0, 0.05) is 5.69 Å². The molecule has 0 saturated heterocycles. The van der Waals surface area contributed by atoms with Crippen LogP contribution in [-0.2, 0) is 12.8 Å². The number of hydrogen-bond donors (Lipinski definition) is 0. The van der Waals surface area contributed by atoms with Gasteiger partial charge in [0.1, 0.15) is 5.15 Å². The molecule has 1 aromatic heterocycles. The van der Waals surface area contributed by atoms with Crippen molar-refractivity contribution in [3.8, 4) is 0 Å². The highest BCUT2D eigenvalue weighted by molar-refractivity contribution is 9.10. The molecule has 0 fully saturated rings. The Labute approximate surface area is 85.3 Å². The minimum absolute atomic E-state index is 0.593. The van der Waals surface area contributed by atoms with E-state index in [0.717, 1.165) is 17.3 Å². The summed E-state index contributed by atoms with van der Waals surface area (Å²) in [5.41, 5.74) is 2.55. The quantitative estimate of drug-likeness (QED) is 0.640. The van der Waals surface area contributed by atoms with Gasteiger partial charge in [0.2, 0.25) is 0 Å². The van der Waals surface area contributed by atoms with Crippen molar-refractivity contribution >= 4 is 27.5 Å². The number of fused-ring (bicyclic) bond motifs is 1. The molecule has 0 atom stereocenters. The van der Waals surface area contributed by atoms with Gasteiger partial charge in [0.15, 0.2) is 0 Å². The molecule has 1 aliphatic carbocycles. The van der Waals surface area contributed by atoms with Crippen molar-refractivity contribution in [2.45, 2.75) is 25.7 Å². The van der Waals surface area contributed by atoms with Gasteiger partial charge in [-0.2, -0.15) is 0 Å². The number of aryl methyl sites for hydroxylation is 2. The molecule has 2 rings (SSSR count). The first kappa shape index (κ1) is 8.52. The molecule has 0 saturated carbocycles. The molecule has 0 bridgehead atoms. The molecule has 3 heteroatoms. The Morgan fingerprint density at radius 2 is 2.08 bits per heavy atom. The van der Waals surface area contributed by atoms with Crippen LogP contribution in [0.3, 0.4) is 0 Å². The van der Waals surface area contributed by atoms with Crippen LogP contribution in [0, 0.1) is 0 Å². The fourth-order valence-electron chi connectivity index (χ4n) is 1.58. The lowest BCUT2D eigenvalue weighted by Gasteiger charge is -2.14. The first-order chi connectivity index (χ1) is 5.77. The predicted octanol–water partition coefficient (Wildman–Crippen LogP) is 3.38. The Hall–Kier alpha value is -0.0800. The molecule has 1 aliphatic rings. The smallest absolute Gasteiger partial charge is 0.143 e. The van der Waals surface area contributed by atoms with Gasteiger partial charge in [-0.05, 0) is 53.2 Å². The second-order valence-corrected chi connectivity index (χ2v) is 4.29. The van der Waals surface area contributed by atoms with Gasteiger partial charge in [-0.25, -0.2) is 4.98 Å². The topological polar surface area (TPSA) is 12.9 Å². The van der Waals surface area contributed by atoms with Gasteiger partial charge in [-0.3, -0.25) is 0 Å². The highest BCUT2D eigenvalue weighted by Gasteiger charge is 2.12. The molecule has 1 nitrogen and oxygen atoms in total. The van der Waals surface area contributed by atoms with Crippen LogP contribution in [0.15, 0.2) is 10.5 Å². The Morgan fingerprint density at radius 1 is 1.33 bits per heavy atom. The minimum atomic E-state index is 0.593. The van der Waals surface area contributed by atoms with Crippen LogP contribution in [0.4, 0.5) is 0 Å². The third kappa shape index (κ3) is 1.50. The van der Waals surface area contributed by atoms with E-state index in [1.165, 1.54) is 24.1 Å². The molecule has 0 aliphatic heterocycles. The van der Waals surface area contributed by atoms with Gasteiger partial charge in [0.05, 0.1) is 4.47 Å². The van der Waals surface area contributed by atoms with Crippen molar-refractivity contribution in [1.29, 1.82) is 0 Å². The van der Waals surface area contributed by atoms with E-state index in [2.05, 4.69) is 27.0 Å². The van der Waals surface area contributed by atoms with Gasteiger partial charge in [0.25, 0.3) is 0 Å². The Bertz CT molecular complexity index is 281. The maximum absolute atomic E-state index is 5.89. The highest BCUT2D eigenvalue weighted by atomic mass is 79.9. The van der Waals surface area contributed by atoms with Crippen LogP contribution in [0.1, 0.15) is 24.1 Å². The van der Waals surface area contributed by atoms with Crippen LogP contribution in [-0.4, -0.2) is 4.98 Å². The van der Waals surface area contributed by atoms with Crippen molar-refractivity contribution in [2.75, 3.05) is 0 Å². The zero-order chi connectivity index (χ0) is 8.55. The summed E-state index contributed by atoms with van der Waals surface area (Å²) >= 11 is 9.27. The van der Waals surface area contributed by atoms with E-state index < -0.39 is 0 Å². The van der Waals surface area contributed by atoms with Crippen molar-refractivity contribution in [2.24, 2.45) is 0 Å². The first-order valence-electron chi connectivity index (χ1n) is 4.11. The third-order valence-corrected chi connectivity index (χ3v) is 3.33. The SMILES string of the molecule is Clc1nc2c(cc1Br)CCCC2. The van der Waals surface area contributed by atoms with E-state index in [1.54, 1.807) is 0 Å². The Kier molecular flexibility index (Phi) is 2.37. The third-order valence-electron chi connectivity index (χ3n) is 2.21. The molecular weight excluding hydrogens is 237 g/mol. The second kappa shape index (κ2) is 3.35. The molecule has 0 aromatic carbocycles. The van der Waals surface area contributed by atoms with Crippen LogP contribution < -0.4 is 0 Å². The standard InChI is InChI=1S/C9H9BrClN/c10-7-5-6-3-1-2-4-8(6)12-9(7)11/h5H,1-4H2. The molecule has 0 spiro atoms. The first-order valence-corrected chi connectivity index (χ1v) is 5.28. The van der Waals surface area contributed by atoms with Crippen LogP contribution >= 0.6 is 27.5 Å². The summed E-state index contributed by atoms with van der Waals surface area (Å²) in [6.07, 6.45) is 4.77. The lowest BCUT2D eigenvalue weighted by molar-refractivity contribution is 0.667. The second-order valence-electron chi connectivity index (χ2n) is 3.07. The number of rotatable bonds is 0.